The molecule has 2 saturated heterocycles. The number of aliphatic hydroxyl groups is 6. The molecule has 0 unspecified atom stereocenters. The van der Waals surface area contributed by atoms with Gasteiger partial charge in [-0.15, -0.1) is 0 Å². The molecule has 20 heteroatoms. The van der Waals surface area contributed by atoms with E-state index in [2.05, 4.69) is 21.3 Å². The maximum Gasteiger partial charge on any atom is 0.326 e. The highest BCUT2D eigenvalue weighted by Crippen LogP contribution is 2.24. The van der Waals surface area contributed by atoms with Gasteiger partial charge in [-0.1, -0.05) is 0 Å². The number of aliphatic hydroxyl groups excluding tert-OH is 6. The van der Waals surface area contributed by atoms with Gasteiger partial charge < -0.3 is 76.0 Å². The molecule has 2 fully saturated rings. The minimum absolute atomic E-state index is 0.00725. The standard InChI is InChI=1S/C32H56N4O16/c1-17(39)34-24-28(45)26(43)20(15-37)51-31(24)49-13-7-4-10-22(41)33-12-6-3-9-19(30(47)48)36-23(42)11-5-8-14-50-32-25(35-18(2)40)29(46)27(44)21(16-38)52-32/h19-21,24-29,31-32,37-38,43-46H,3-16H2,1-2H3,(H,33,41)(H,34,39)(H,35,40)(H,36,42)(H,47,48)/t19-,20+,21+,24+,25+,26-,27-,28+,29+,31+,32+/m0/s1. The van der Waals surface area contributed by atoms with E-state index in [4.69, 9.17) is 18.9 Å². The van der Waals surface area contributed by atoms with Crippen molar-refractivity contribution in [3.63, 3.8) is 0 Å². The summed E-state index contributed by atoms with van der Waals surface area (Å²) in [5.41, 5.74) is 0. The lowest BCUT2D eigenvalue weighted by Crippen LogP contribution is -2.64. The Morgan fingerprint density at radius 3 is 1.54 bits per heavy atom. The van der Waals surface area contributed by atoms with Gasteiger partial charge in [-0.3, -0.25) is 19.2 Å². The molecule has 11 N–H and O–H groups in total. The number of unbranched alkanes of at least 4 members (excludes halogenated alkanes) is 3. The van der Waals surface area contributed by atoms with Crippen LogP contribution in [-0.2, 0) is 42.9 Å². The highest BCUT2D eigenvalue weighted by molar-refractivity contribution is 5.83. The summed E-state index contributed by atoms with van der Waals surface area (Å²) in [5.74, 6) is -2.85. The molecule has 52 heavy (non-hydrogen) atoms. The monoisotopic (exact) mass is 752 g/mol. The van der Waals surface area contributed by atoms with Crippen LogP contribution in [0, 0.1) is 0 Å². The zero-order chi connectivity index (χ0) is 38.8. The number of carboxylic acids is 1. The van der Waals surface area contributed by atoms with E-state index in [-0.39, 0.29) is 38.4 Å². The van der Waals surface area contributed by atoms with E-state index < -0.39 is 104 Å². The summed E-state index contributed by atoms with van der Waals surface area (Å²) >= 11 is 0. The van der Waals surface area contributed by atoms with E-state index in [0.29, 0.717) is 45.1 Å². The number of aliphatic carboxylic acids is 1. The minimum atomic E-state index is -1.44. The average Bonchev–Trinajstić information content (AvgIpc) is 3.09. The second kappa shape index (κ2) is 23.6. The molecule has 300 valence electrons. The van der Waals surface area contributed by atoms with Crippen LogP contribution < -0.4 is 21.3 Å². The molecule has 0 aliphatic carbocycles. The molecule has 2 aliphatic heterocycles. The molecule has 0 saturated carbocycles. The normalized spacial score (nSPS) is 29.5. The highest BCUT2D eigenvalue weighted by atomic mass is 16.7. The van der Waals surface area contributed by atoms with Crippen molar-refractivity contribution in [2.24, 2.45) is 0 Å². The first kappa shape index (κ1) is 45.1. The van der Waals surface area contributed by atoms with Gasteiger partial charge in [0.2, 0.25) is 23.6 Å². The predicted octanol–water partition coefficient (Wildman–Crippen LogP) is -3.90. The van der Waals surface area contributed by atoms with Crippen LogP contribution >= 0.6 is 0 Å². The molecular formula is C32H56N4O16. The van der Waals surface area contributed by atoms with Gasteiger partial charge in [0.15, 0.2) is 12.6 Å². The molecule has 0 bridgehead atoms. The summed E-state index contributed by atoms with van der Waals surface area (Å²) in [7, 11) is 0. The number of carbonyl (C=O) groups is 5. The third-order valence-corrected chi connectivity index (χ3v) is 8.54. The molecule has 2 rings (SSSR count). The van der Waals surface area contributed by atoms with Gasteiger partial charge in [0.05, 0.1) is 13.2 Å². The first-order valence-electron chi connectivity index (χ1n) is 17.5. The van der Waals surface area contributed by atoms with Gasteiger partial charge in [-0.2, -0.15) is 0 Å². The Hall–Kier alpha value is -3.05. The summed E-state index contributed by atoms with van der Waals surface area (Å²) in [6, 6.07) is -3.25. The van der Waals surface area contributed by atoms with E-state index in [1.165, 1.54) is 13.8 Å². The van der Waals surface area contributed by atoms with Gasteiger partial charge in [0.25, 0.3) is 0 Å². The van der Waals surface area contributed by atoms with Crippen LogP contribution in [0.1, 0.15) is 71.6 Å². The van der Waals surface area contributed by atoms with Crippen molar-refractivity contribution in [1.29, 1.82) is 0 Å². The Morgan fingerprint density at radius 2 is 1.12 bits per heavy atom. The van der Waals surface area contributed by atoms with Crippen molar-refractivity contribution in [1.82, 2.24) is 21.3 Å². The fraction of sp³-hybridized carbons (Fsp3) is 0.844. The number of ether oxygens (including phenoxy) is 4. The molecule has 0 aromatic carbocycles. The molecule has 2 aliphatic rings. The van der Waals surface area contributed by atoms with Crippen LogP contribution in [0.4, 0.5) is 0 Å². The highest BCUT2D eigenvalue weighted by Gasteiger charge is 2.46. The summed E-state index contributed by atoms with van der Waals surface area (Å²) in [6.45, 7) is 1.77. The van der Waals surface area contributed by atoms with Crippen LogP contribution in [0.15, 0.2) is 0 Å². The lowest BCUT2D eigenvalue weighted by molar-refractivity contribution is -0.270. The Bertz CT molecular complexity index is 1130. The SMILES string of the molecule is CC(=O)N[C@H]1[C@H](OCCCCC(=O)NCCCC[C@H](NC(=O)CCCCO[C@@H]2O[C@H](CO)[C@H](O)[C@H](O)[C@H]2NC(C)=O)C(=O)O)O[C@H](CO)[C@H](O)[C@@H]1O. The second-order valence-electron chi connectivity index (χ2n) is 12.8. The zero-order valence-electron chi connectivity index (χ0n) is 29.6. The quantitative estimate of drug-likeness (QED) is 0.0445. The van der Waals surface area contributed by atoms with E-state index in [1.807, 2.05) is 0 Å². The third kappa shape index (κ3) is 15.1. The fourth-order valence-electron chi connectivity index (χ4n) is 5.71. The number of amides is 4. The van der Waals surface area contributed by atoms with Gasteiger partial charge in [-0.25, -0.2) is 4.79 Å². The topological polar surface area (TPSA) is 312 Å². The minimum Gasteiger partial charge on any atom is -0.480 e. The van der Waals surface area contributed by atoms with E-state index in [1.54, 1.807) is 0 Å². The van der Waals surface area contributed by atoms with Gasteiger partial charge in [0, 0.05) is 46.4 Å². The van der Waals surface area contributed by atoms with Crippen LogP contribution in [0.3, 0.4) is 0 Å². The van der Waals surface area contributed by atoms with Crippen LogP contribution in [0.2, 0.25) is 0 Å². The number of rotatable bonds is 23. The molecule has 4 amide bonds. The number of hydrogen-bond donors (Lipinski definition) is 11. The fourth-order valence-corrected chi connectivity index (χ4v) is 5.71. The van der Waals surface area contributed by atoms with Gasteiger partial charge >= 0.3 is 5.97 Å². The largest absolute Gasteiger partial charge is 0.480 e. The van der Waals surface area contributed by atoms with Crippen molar-refractivity contribution < 1.29 is 78.7 Å². The summed E-state index contributed by atoms with van der Waals surface area (Å²) < 4.78 is 22.2. The molecule has 0 aromatic heterocycles. The second-order valence-corrected chi connectivity index (χ2v) is 12.8. The van der Waals surface area contributed by atoms with Crippen molar-refractivity contribution in [2.75, 3.05) is 33.0 Å². The first-order chi connectivity index (χ1) is 24.7. The number of carbonyl (C=O) groups excluding carboxylic acids is 4. The van der Waals surface area contributed by atoms with E-state index in [0.717, 1.165) is 0 Å². The predicted molar refractivity (Wildman–Crippen MR) is 177 cm³/mol. The first-order valence-corrected chi connectivity index (χ1v) is 17.5. The Balaban J connectivity index is 1.60. The molecule has 11 atom stereocenters. The third-order valence-electron chi connectivity index (χ3n) is 8.54. The lowest BCUT2D eigenvalue weighted by Gasteiger charge is -2.42. The molecule has 0 spiro atoms. The Labute approximate surface area is 301 Å². The number of carboxylic acid groups (broad SMARTS) is 1. The van der Waals surface area contributed by atoms with Crippen molar-refractivity contribution in [2.45, 2.75) is 139 Å². The maximum atomic E-state index is 12.4. The molecule has 2 heterocycles. The zero-order valence-corrected chi connectivity index (χ0v) is 29.6. The van der Waals surface area contributed by atoms with Crippen LogP contribution in [0.5, 0.6) is 0 Å². The van der Waals surface area contributed by atoms with Crippen LogP contribution in [0.25, 0.3) is 0 Å². The van der Waals surface area contributed by atoms with Crippen molar-refractivity contribution in [3.8, 4) is 0 Å². The number of hydrogen-bond acceptors (Lipinski definition) is 15. The van der Waals surface area contributed by atoms with Crippen LogP contribution in [-0.4, -0.2) is 166 Å². The molecular weight excluding hydrogens is 696 g/mol. The van der Waals surface area contributed by atoms with Crippen molar-refractivity contribution in [3.05, 3.63) is 0 Å². The van der Waals surface area contributed by atoms with E-state index >= 15 is 0 Å². The average molecular weight is 753 g/mol. The number of nitrogens with one attached hydrogen (secondary N) is 4. The summed E-state index contributed by atoms with van der Waals surface area (Å²) in [5, 5.41) is 79.3. The van der Waals surface area contributed by atoms with E-state index in [9.17, 15) is 59.7 Å². The smallest absolute Gasteiger partial charge is 0.326 e. The van der Waals surface area contributed by atoms with Gasteiger partial charge in [0.1, 0.15) is 54.7 Å². The Kier molecular flexibility index (Phi) is 20.5. The summed E-state index contributed by atoms with van der Waals surface area (Å²) in [6.07, 6.45) is -7.43. The maximum absolute atomic E-state index is 12.4. The molecule has 0 radical (unpaired) electrons. The lowest BCUT2D eigenvalue weighted by atomic mass is 9.97. The molecule has 20 nitrogen and oxygen atoms in total. The van der Waals surface area contributed by atoms with Crippen molar-refractivity contribution >= 4 is 29.6 Å². The van der Waals surface area contributed by atoms with Gasteiger partial charge in [-0.05, 0) is 44.9 Å². The summed E-state index contributed by atoms with van der Waals surface area (Å²) in [4.78, 5) is 59.3. The molecule has 0 aromatic rings. The Morgan fingerprint density at radius 1 is 0.654 bits per heavy atom.